The van der Waals surface area contributed by atoms with E-state index in [0.29, 0.717) is 6.79 Å². The fourth-order valence-corrected chi connectivity index (χ4v) is 4.91. The monoisotopic (exact) mass is 530 g/mol. The summed E-state index contributed by atoms with van der Waals surface area (Å²) < 4.78 is 60.9. The second-order valence-corrected chi connectivity index (χ2v) is 8.82. The Hall–Kier alpha value is -3.65. The minimum absolute atomic E-state index is 0.115. The Kier molecular flexibility index (Phi) is 6.77. The summed E-state index contributed by atoms with van der Waals surface area (Å²) >= 11 is 5.34. The van der Waals surface area contributed by atoms with Crippen molar-refractivity contribution in [2.24, 2.45) is 0 Å². The number of rotatable bonds is 3. The van der Waals surface area contributed by atoms with Crippen LogP contribution in [0.1, 0.15) is 16.7 Å². The summed E-state index contributed by atoms with van der Waals surface area (Å²) in [7, 11) is 3.34. The number of fused-ring (bicyclic) bond motifs is 5. The smallest absolute Gasteiger partial charge is 0.416 e. The maximum Gasteiger partial charge on any atom is 0.416 e. The first-order valence-electron chi connectivity index (χ1n) is 11.6. The van der Waals surface area contributed by atoms with E-state index in [9.17, 15) is 13.2 Å². The van der Waals surface area contributed by atoms with Gasteiger partial charge in [0.05, 0.1) is 30.7 Å². The van der Waals surface area contributed by atoms with E-state index in [1.807, 2.05) is 6.07 Å². The van der Waals surface area contributed by atoms with Gasteiger partial charge >= 0.3 is 6.18 Å². The van der Waals surface area contributed by atoms with E-state index in [2.05, 4.69) is 35.0 Å². The van der Waals surface area contributed by atoms with Gasteiger partial charge in [-0.1, -0.05) is 18.2 Å². The highest BCUT2D eigenvalue weighted by atomic mass is 35.5. The Bertz CT molecular complexity index is 1470. The zero-order valence-electron chi connectivity index (χ0n) is 20.2. The number of nitrogens with zero attached hydrogens (tertiary/aromatic N) is 1. The molecule has 6 rings (SSSR count). The van der Waals surface area contributed by atoms with Crippen LogP contribution >= 0.6 is 11.6 Å². The molecule has 3 aromatic carbocycles. The molecule has 4 aromatic rings. The molecule has 9 heteroatoms. The molecule has 0 fully saturated rings. The summed E-state index contributed by atoms with van der Waals surface area (Å²) in [6, 6.07) is 15.7. The summed E-state index contributed by atoms with van der Waals surface area (Å²) in [4.78, 5) is 0. The molecule has 0 saturated heterocycles. The maximum absolute atomic E-state index is 12.2. The quantitative estimate of drug-likeness (QED) is 0.223. The van der Waals surface area contributed by atoms with Crippen molar-refractivity contribution < 1.29 is 36.7 Å². The van der Waals surface area contributed by atoms with Crippen LogP contribution in [0.4, 0.5) is 13.2 Å². The molecule has 0 amide bonds. The molecule has 192 valence electrons. The highest BCUT2D eigenvalue weighted by Crippen LogP contribution is 2.41. The summed E-state index contributed by atoms with van der Waals surface area (Å²) in [6.07, 6.45) is -1.19. The standard InChI is InChI=1S/C20H18NO4.C8H6ClF3/c1-22-17-4-3-12-7-16-14-9-19-18(24-11-25-19)8-13(14)5-6-21(16)10-15(12)20(17)23-2;9-5-6-3-1-2-4-7(6)8(10,11)12/h3-4,7-10H,5-6,11H2,1-2H3;1-4H,5H2/q+1;. The lowest BCUT2D eigenvalue weighted by molar-refractivity contribution is -0.686. The van der Waals surface area contributed by atoms with Gasteiger partial charge in [-0.15, -0.1) is 11.6 Å². The van der Waals surface area contributed by atoms with Crippen molar-refractivity contribution in [2.45, 2.75) is 25.0 Å². The van der Waals surface area contributed by atoms with Gasteiger partial charge in [0.2, 0.25) is 12.5 Å². The van der Waals surface area contributed by atoms with E-state index in [1.165, 1.54) is 35.0 Å². The molecule has 0 atom stereocenters. The molecule has 2 aliphatic heterocycles. The molecule has 0 N–H and O–H groups in total. The van der Waals surface area contributed by atoms with Crippen molar-refractivity contribution in [3.8, 4) is 34.3 Å². The summed E-state index contributed by atoms with van der Waals surface area (Å²) in [5.41, 5.74) is 3.14. The second-order valence-electron chi connectivity index (χ2n) is 8.56. The number of ether oxygens (including phenoxy) is 4. The van der Waals surface area contributed by atoms with Gasteiger partial charge in [-0.05, 0) is 46.8 Å². The molecule has 0 bridgehead atoms. The van der Waals surface area contributed by atoms with Crippen LogP contribution in [-0.4, -0.2) is 21.0 Å². The van der Waals surface area contributed by atoms with E-state index < -0.39 is 11.7 Å². The van der Waals surface area contributed by atoms with Gasteiger partial charge in [-0.2, -0.15) is 17.7 Å². The van der Waals surface area contributed by atoms with Crippen LogP contribution < -0.4 is 23.5 Å². The zero-order valence-corrected chi connectivity index (χ0v) is 20.9. The number of hydrogen-bond donors (Lipinski definition) is 0. The van der Waals surface area contributed by atoms with Crippen LogP contribution in [-0.2, 0) is 25.0 Å². The molecular weight excluding hydrogens is 507 g/mol. The lowest BCUT2D eigenvalue weighted by atomic mass is 9.95. The fraction of sp³-hybridized carbons (Fsp3) is 0.250. The lowest BCUT2D eigenvalue weighted by Gasteiger charge is -2.17. The zero-order chi connectivity index (χ0) is 26.2. The molecule has 0 saturated carbocycles. The molecule has 37 heavy (non-hydrogen) atoms. The Morgan fingerprint density at radius 3 is 2.41 bits per heavy atom. The van der Waals surface area contributed by atoms with Gasteiger partial charge in [0, 0.05) is 18.4 Å². The van der Waals surface area contributed by atoms with Gasteiger partial charge in [0.1, 0.15) is 0 Å². The van der Waals surface area contributed by atoms with Gasteiger partial charge < -0.3 is 18.9 Å². The maximum atomic E-state index is 12.2. The normalized spacial score (nSPS) is 13.4. The van der Waals surface area contributed by atoms with E-state index in [0.717, 1.165) is 52.8 Å². The summed E-state index contributed by atoms with van der Waals surface area (Å²) in [5.74, 6) is 3.07. The first kappa shape index (κ1) is 25.0. The van der Waals surface area contributed by atoms with E-state index in [1.54, 1.807) is 14.2 Å². The minimum atomic E-state index is -4.30. The van der Waals surface area contributed by atoms with E-state index >= 15 is 0 Å². The molecule has 0 spiro atoms. The van der Waals surface area contributed by atoms with Crippen LogP contribution in [0, 0.1) is 0 Å². The topological polar surface area (TPSA) is 40.8 Å². The Balaban J connectivity index is 0.000000198. The Morgan fingerprint density at radius 1 is 0.973 bits per heavy atom. The average molecular weight is 531 g/mol. The SMILES string of the molecule is COc1ccc2cc3[n+](cc2c1OC)CCc1cc2c(cc1-3)OCO2.FC(F)(F)c1ccccc1CCl. The Labute approximate surface area is 216 Å². The van der Waals surface area contributed by atoms with Gasteiger partial charge in [0.15, 0.2) is 35.7 Å². The summed E-state index contributed by atoms with van der Waals surface area (Å²) in [6.45, 7) is 1.21. The number of benzene rings is 3. The molecule has 3 heterocycles. The molecule has 5 nitrogen and oxygen atoms in total. The van der Waals surface area contributed by atoms with Crippen molar-refractivity contribution in [1.82, 2.24) is 0 Å². The molecule has 0 radical (unpaired) electrons. The van der Waals surface area contributed by atoms with Crippen LogP contribution in [0.3, 0.4) is 0 Å². The highest BCUT2D eigenvalue weighted by Gasteiger charge is 2.32. The Morgan fingerprint density at radius 2 is 1.73 bits per heavy atom. The third-order valence-electron chi connectivity index (χ3n) is 6.47. The van der Waals surface area contributed by atoms with Crippen LogP contribution in [0.5, 0.6) is 23.0 Å². The van der Waals surface area contributed by atoms with Crippen molar-refractivity contribution in [2.75, 3.05) is 21.0 Å². The lowest BCUT2D eigenvalue weighted by Crippen LogP contribution is -2.40. The predicted octanol–water partition coefficient (Wildman–Crippen LogP) is 6.54. The molecular formula is C28H24ClF3NO4+. The largest absolute Gasteiger partial charge is 0.493 e. The van der Waals surface area contributed by atoms with Crippen LogP contribution in [0.25, 0.3) is 22.0 Å². The predicted molar refractivity (Wildman–Crippen MR) is 134 cm³/mol. The van der Waals surface area contributed by atoms with Gasteiger partial charge in [-0.25, -0.2) is 0 Å². The molecule has 0 aliphatic carbocycles. The van der Waals surface area contributed by atoms with E-state index in [4.69, 9.17) is 30.5 Å². The third-order valence-corrected chi connectivity index (χ3v) is 6.76. The number of pyridine rings is 1. The van der Waals surface area contributed by atoms with Crippen LogP contribution in [0.15, 0.2) is 60.8 Å². The van der Waals surface area contributed by atoms with Crippen molar-refractivity contribution in [3.05, 3.63) is 77.5 Å². The molecule has 0 unspecified atom stereocenters. The number of halogens is 4. The van der Waals surface area contributed by atoms with E-state index in [-0.39, 0.29) is 11.4 Å². The molecule has 1 aromatic heterocycles. The van der Waals surface area contributed by atoms with Gasteiger partial charge in [-0.3, -0.25) is 0 Å². The minimum Gasteiger partial charge on any atom is -0.493 e. The second kappa shape index (κ2) is 10.0. The first-order valence-corrected chi connectivity index (χ1v) is 12.1. The average Bonchev–Trinajstić information content (AvgIpc) is 3.37. The summed E-state index contributed by atoms with van der Waals surface area (Å²) in [5, 5.41) is 2.17. The number of hydrogen-bond acceptors (Lipinski definition) is 4. The van der Waals surface area contributed by atoms with Crippen molar-refractivity contribution in [3.63, 3.8) is 0 Å². The van der Waals surface area contributed by atoms with Crippen LogP contribution in [0.2, 0.25) is 0 Å². The van der Waals surface area contributed by atoms with Crippen molar-refractivity contribution in [1.29, 1.82) is 0 Å². The number of alkyl halides is 4. The number of aromatic nitrogens is 1. The third kappa shape index (κ3) is 4.73. The fourth-order valence-electron chi connectivity index (χ4n) is 4.68. The highest BCUT2D eigenvalue weighted by molar-refractivity contribution is 6.17. The van der Waals surface area contributed by atoms with Gasteiger partial charge in [0.25, 0.3) is 0 Å². The number of aryl methyl sites for hydroxylation is 2. The number of methoxy groups -OCH3 is 2. The first-order chi connectivity index (χ1) is 17.8. The van der Waals surface area contributed by atoms with Crippen molar-refractivity contribution >= 4 is 22.4 Å². The molecule has 2 aliphatic rings.